The molecule has 0 unspecified atom stereocenters. The standard InChI is InChI=1S/C20H28N6O2/c1-25-18(14-6-3-2-4-7-14)15-9-12-26(13-10-17(15)24-25)19(27)16(21)8-5-11-23-20(22)28/h2-4,6-7,16H,5,8-13,21H2,1H3,(H3,22,23,28)/t16-/m0/s1. The lowest BCUT2D eigenvalue weighted by Crippen LogP contribution is -2.45. The van der Waals surface area contributed by atoms with Gasteiger partial charge in [-0.25, -0.2) is 4.79 Å². The van der Waals surface area contributed by atoms with Gasteiger partial charge in [0.2, 0.25) is 5.91 Å². The highest BCUT2D eigenvalue weighted by Gasteiger charge is 2.26. The van der Waals surface area contributed by atoms with E-state index >= 15 is 0 Å². The summed E-state index contributed by atoms with van der Waals surface area (Å²) in [5.74, 6) is -0.0464. The predicted molar refractivity (Wildman–Crippen MR) is 107 cm³/mol. The molecule has 0 aliphatic carbocycles. The largest absolute Gasteiger partial charge is 0.352 e. The molecule has 0 fully saturated rings. The lowest BCUT2D eigenvalue weighted by molar-refractivity contribution is -0.132. The third-order valence-electron chi connectivity index (χ3n) is 5.15. The number of fused-ring (bicyclic) bond motifs is 1. The first kappa shape index (κ1) is 19.9. The number of benzene rings is 1. The van der Waals surface area contributed by atoms with Gasteiger partial charge in [-0.1, -0.05) is 30.3 Å². The minimum absolute atomic E-state index is 0.0464. The van der Waals surface area contributed by atoms with Crippen molar-refractivity contribution < 1.29 is 9.59 Å². The Morgan fingerprint density at radius 1 is 1.21 bits per heavy atom. The van der Waals surface area contributed by atoms with E-state index in [0.29, 0.717) is 32.5 Å². The first-order chi connectivity index (χ1) is 13.5. The molecule has 2 aromatic rings. The summed E-state index contributed by atoms with van der Waals surface area (Å²) >= 11 is 0. The van der Waals surface area contributed by atoms with Crippen LogP contribution in [0.4, 0.5) is 4.79 Å². The van der Waals surface area contributed by atoms with Crippen LogP contribution in [-0.2, 0) is 24.7 Å². The molecule has 1 aromatic carbocycles. The number of carbonyl (C=O) groups is 2. The Balaban J connectivity index is 1.64. The third-order valence-corrected chi connectivity index (χ3v) is 5.15. The number of nitrogens with one attached hydrogen (secondary N) is 1. The van der Waals surface area contributed by atoms with Crippen LogP contribution in [0.15, 0.2) is 30.3 Å². The molecule has 0 saturated carbocycles. The van der Waals surface area contributed by atoms with Crippen LogP contribution in [0.25, 0.3) is 11.3 Å². The molecule has 3 rings (SSSR count). The summed E-state index contributed by atoms with van der Waals surface area (Å²) in [6.07, 6.45) is 2.61. The number of nitrogens with zero attached hydrogens (tertiary/aromatic N) is 3. The highest BCUT2D eigenvalue weighted by Crippen LogP contribution is 2.28. The van der Waals surface area contributed by atoms with Crippen molar-refractivity contribution in [1.29, 1.82) is 0 Å². The molecule has 1 aliphatic heterocycles. The van der Waals surface area contributed by atoms with Gasteiger partial charge < -0.3 is 21.7 Å². The van der Waals surface area contributed by atoms with Gasteiger partial charge in [0.1, 0.15) is 0 Å². The minimum Gasteiger partial charge on any atom is -0.352 e. The van der Waals surface area contributed by atoms with E-state index < -0.39 is 12.1 Å². The molecule has 8 heteroatoms. The van der Waals surface area contributed by atoms with Crippen molar-refractivity contribution >= 4 is 11.9 Å². The van der Waals surface area contributed by atoms with Crippen molar-refractivity contribution in [3.63, 3.8) is 0 Å². The number of urea groups is 1. The summed E-state index contributed by atoms with van der Waals surface area (Å²) in [5, 5.41) is 7.21. The van der Waals surface area contributed by atoms with Crippen LogP contribution in [0.5, 0.6) is 0 Å². The Bertz CT molecular complexity index is 833. The highest BCUT2D eigenvalue weighted by molar-refractivity contribution is 5.82. The second-order valence-electron chi connectivity index (χ2n) is 7.13. The van der Waals surface area contributed by atoms with E-state index in [9.17, 15) is 9.59 Å². The Labute approximate surface area is 164 Å². The van der Waals surface area contributed by atoms with E-state index in [0.717, 1.165) is 29.8 Å². The number of aromatic nitrogens is 2. The van der Waals surface area contributed by atoms with E-state index in [4.69, 9.17) is 16.6 Å². The smallest absolute Gasteiger partial charge is 0.312 e. The van der Waals surface area contributed by atoms with E-state index in [1.165, 1.54) is 5.56 Å². The zero-order valence-corrected chi connectivity index (χ0v) is 16.2. The van der Waals surface area contributed by atoms with E-state index in [2.05, 4.69) is 17.4 Å². The van der Waals surface area contributed by atoms with Crippen LogP contribution in [-0.4, -0.2) is 52.3 Å². The van der Waals surface area contributed by atoms with Gasteiger partial charge >= 0.3 is 6.03 Å². The molecular formula is C20H28N6O2. The average Bonchev–Trinajstić information content (AvgIpc) is 2.86. The van der Waals surface area contributed by atoms with Gasteiger partial charge in [0.15, 0.2) is 0 Å². The number of hydrogen-bond donors (Lipinski definition) is 3. The molecule has 1 atom stereocenters. The molecule has 1 aromatic heterocycles. The fourth-order valence-corrected chi connectivity index (χ4v) is 3.76. The molecule has 3 amide bonds. The Morgan fingerprint density at radius 2 is 1.93 bits per heavy atom. The number of aryl methyl sites for hydroxylation is 1. The third kappa shape index (κ3) is 4.51. The number of nitrogens with two attached hydrogens (primary N) is 2. The number of hydrogen-bond acceptors (Lipinski definition) is 4. The molecular weight excluding hydrogens is 356 g/mol. The van der Waals surface area contributed by atoms with Crippen LogP contribution < -0.4 is 16.8 Å². The molecule has 0 bridgehead atoms. The van der Waals surface area contributed by atoms with Crippen LogP contribution in [0.2, 0.25) is 0 Å². The summed E-state index contributed by atoms with van der Waals surface area (Å²) in [5.41, 5.74) is 15.6. The maximum Gasteiger partial charge on any atom is 0.312 e. The molecule has 150 valence electrons. The molecule has 0 radical (unpaired) electrons. The zero-order chi connectivity index (χ0) is 20.1. The van der Waals surface area contributed by atoms with Gasteiger partial charge in [-0.15, -0.1) is 0 Å². The summed E-state index contributed by atoms with van der Waals surface area (Å²) < 4.78 is 1.94. The summed E-state index contributed by atoms with van der Waals surface area (Å²) in [6.45, 7) is 1.67. The molecule has 1 aliphatic rings. The SMILES string of the molecule is Cn1nc2c(c1-c1ccccc1)CCN(C(=O)[C@@H](N)CCCNC(N)=O)CC2. The summed E-state index contributed by atoms with van der Waals surface area (Å²) in [7, 11) is 1.97. The van der Waals surface area contributed by atoms with Crippen molar-refractivity contribution in [2.24, 2.45) is 18.5 Å². The van der Waals surface area contributed by atoms with Crippen molar-refractivity contribution in [2.75, 3.05) is 19.6 Å². The molecule has 5 N–H and O–H groups in total. The Morgan fingerprint density at radius 3 is 2.64 bits per heavy atom. The van der Waals surface area contributed by atoms with E-state index in [1.54, 1.807) is 0 Å². The van der Waals surface area contributed by atoms with Gasteiger partial charge in [-0.3, -0.25) is 9.48 Å². The van der Waals surface area contributed by atoms with Crippen molar-refractivity contribution in [1.82, 2.24) is 20.0 Å². The summed E-state index contributed by atoms with van der Waals surface area (Å²) in [6, 6.07) is 9.08. The Hall–Kier alpha value is -2.87. The van der Waals surface area contributed by atoms with E-state index in [-0.39, 0.29) is 5.91 Å². The molecule has 0 saturated heterocycles. The predicted octanol–water partition coefficient (Wildman–Crippen LogP) is 0.790. The topological polar surface area (TPSA) is 119 Å². The maximum absolute atomic E-state index is 12.7. The van der Waals surface area contributed by atoms with Gasteiger partial charge in [-0.05, 0) is 19.3 Å². The quantitative estimate of drug-likeness (QED) is 0.638. The summed E-state index contributed by atoms with van der Waals surface area (Å²) in [4.78, 5) is 25.3. The zero-order valence-electron chi connectivity index (χ0n) is 16.2. The monoisotopic (exact) mass is 384 g/mol. The lowest BCUT2D eigenvalue weighted by Gasteiger charge is -2.24. The van der Waals surface area contributed by atoms with Gasteiger partial charge in [0, 0.05) is 44.2 Å². The second-order valence-corrected chi connectivity index (χ2v) is 7.13. The van der Waals surface area contributed by atoms with Crippen molar-refractivity contribution in [2.45, 2.75) is 31.7 Å². The number of primary amides is 1. The average molecular weight is 384 g/mol. The van der Waals surface area contributed by atoms with Crippen molar-refractivity contribution in [3.05, 3.63) is 41.6 Å². The fourth-order valence-electron chi connectivity index (χ4n) is 3.76. The van der Waals surface area contributed by atoms with Gasteiger partial charge in [0.25, 0.3) is 0 Å². The molecule has 8 nitrogen and oxygen atoms in total. The first-order valence-corrected chi connectivity index (χ1v) is 9.65. The van der Waals surface area contributed by atoms with Crippen molar-refractivity contribution in [3.8, 4) is 11.3 Å². The lowest BCUT2D eigenvalue weighted by atomic mass is 10.0. The van der Waals surface area contributed by atoms with Crippen LogP contribution in [0.1, 0.15) is 24.1 Å². The number of amides is 3. The first-order valence-electron chi connectivity index (χ1n) is 9.65. The van der Waals surface area contributed by atoms with Gasteiger partial charge in [-0.2, -0.15) is 5.10 Å². The normalized spacial score (nSPS) is 14.9. The molecule has 28 heavy (non-hydrogen) atoms. The minimum atomic E-state index is -0.570. The van der Waals surface area contributed by atoms with Gasteiger partial charge in [0.05, 0.1) is 17.4 Å². The van der Waals surface area contributed by atoms with Crippen LogP contribution in [0, 0.1) is 0 Å². The Kier molecular flexibility index (Phi) is 6.30. The second kappa shape index (κ2) is 8.88. The maximum atomic E-state index is 12.7. The molecule has 0 spiro atoms. The highest BCUT2D eigenvalue weighted by atomic mass is 16.2. The molecule has 2 heterocycles. The number of carbonyl (C=O) groups excluding carboxylic acids is 2. The van der Waals surface area contributed by atoms with E-state index in [1.807, 2.05) is 34.8 Å². The van der Waals surface area contributed by atoms with Crippen LogP contribution >= 0.6 is 0 Å². The fraction of sp³-hybridized carbons (Fsp3) is 0.450. The number of rotatable bonds is 6. The van der Waals surface area contributed by atoms with Crippen LogP contribution in [0.3, 0.4) is 0 Å².